The van der Waals surface area contributed by atoms with Crippen LogP contribution in [0.1, 0.15) is 27.6 Å². The first-order valence-electron chi connectivity index (χ1n) is 16.5. The zero-order valence-electron chi connectivity index (χ0n) is 28.1. The van der Waals surface area contributed by atoms with Gasteiger partial charge in [0.05, 0.1) is 18.8 Å². The van der Waals surface area contributed by atoms with E-state index in [1.165, 1.54) is 6.07 Å². The van der Waals surface area contributed by atoms with Crippen LogP contribution in [-0.4, -0.2) is 158 Å². The van der Waals surface area contributed by atoms with Crippen LogP contribution in [0.2, 0.25) is 0 Å². The second-order valence-corrected chi connectivity index (χ2v) is 13.0. The molecule has 300 valence electrons. The summed E-state index contributed by atoms with van der Waals surface area (Å²) in [6, 6.07) is 5.83. The van der Waals surface area contributed by atoms with Gasteiger partial charge < -0.3 is 99.9 Å². The molecule has 12 atom stereocenters. The Kier molecular flexibility index (Phi) is 11.2. The summed E-state index contributed by atoms with van der Waals surface area (Å²) in [5, 5.41) is 143. The maximum Gasteiger partial charge on any atom is 0.338 e. The molecule has 3 aliphatic rings. The predicted octanol–water partition coefficient (Wildman–Crippen LogP) is -2.82. The van der Waals surface area contributed by atoms with Crippen molar-refractivity contribution in [3.63, 3.8) is 0 Å². The lowest BCUT2D eigenvalue weighted by atomic mass is 9.93. The third-order valence-electron chi connectivity index (χ3n) is 9.30. The zero-order chi connectivity index (χ0) is 40.0. The molecule has 0 unspecified atom stereocenters. The predicted molar refractivity (Wildman–Crippen MR) is 174 cm³/mol. The Morgan fingerprint density at radius 2 is 1.16 bits per heavy atom. The molecule has 3 aliphatic heterocycles. The molecule has 55 heavy (non-hydrogen) atoms. The summed E-state index contributed by atoms with van der Waals surface area (Å²) >= 11 is 0. The molecule has 3 aromatic carbocycles. The average molecular weight is 783 g/mol. The van der Waals surface area contributed by atoms with Gasteiger partial charge >= 0.3 is 5.97 Å². The Bertz CT molecular complexity index is 1840. The van der Waals surface area contributed by atoms with Crippen LogP contribution in [0.15, 0.2) is 36.4 Å². The van der Waals surface area contributed by atoms with E-state index in [9.17, 15) is 76.3 Å². The maximum atomic E-state index is 13.3. The van der Waals surface area contributed by atoms with Crippen molar-refractivity contribution in [3.8, 4) is 51.7 Å². The van der Waals surface area contributed by atoms with Crippen molar-refractivity contribution >= 4 is 5.97 Å². The highest BCUT2D eigenvalue weighted by Gasteiger charge is 2.47. The van der Waals surface area contributed by atoms with Crippen molar-refractivity contribution in [2.24, 2.45) is 0 Å². The molecule has 0 bridgehead atoms. The number of hydrogen-bond donors (Lipinski definition) is 14. The van der Waals surface area contributed by atoms with Gasteiger partial charge in [0.2, 0.25) is 18.3 Å². The molecule has 3 aromatic rings. The first kappa shape index (κ1) is 39.6. The maximum absolute atomic E-state index is 13.3. The van der Waals surface area contributed by atoms with Crippen molar-refractivity contribution in [2.45, 2.75) is 80.0 Å². The van der Waals surface area contributed by atoms with Gasteiger partial charge in [-0.15, -0.1) is 0 Å². The van der Waals surface area contributed by atoms with Crippen molar-refractivity contribution in [2.75, 3.05) is 13.2 Å². The summed E-state index contributed by atoms with van der Waals surface area (Å²) in [6.45, 7) is -1.54. The lowest BCUT2D eigenvalue weighted by molar-refractivity contribution is -0.277. The molecule has 0 spiro atoms. The lowest BCUT2D eigenvalue weighted by Gasteiger charge is -2.40. The van der Waals surface area contributed by atoms with Gasteiger partial charge in [0, 0.05) is 29.7 Å². The van der Waals surface area contributed by atoms with E-state index in [1.807, 2.05) is 0 Å². The average Bonchev–Trinajstić information content (AvgIpc) is 3.15. The topological polar surface area (TPSA) is 356 Å². The Morgan fingerprint density at radius 1 is 0.636 bits per heavy atom. The molecule has 21 heteroatoms. The molecule has 0 amide bonds. The molecular formula is C34H38O21. The van der Waals surface area contributed by atoms with Crippen molar-refractivity contribution in [3.05, 3.63) is 53.1 Å². The summed E-state index contributed by atoms with van der Waals surface area (Å²) in [5.41, 5.74) is -0.530. The molecule has 0 aromatic heterocycles. The fourth-order valence-corrected chi connectivity index (χ4v) is 6.30. The molecule has 2 saturated heterocycles. The van der Waals surface area contributed by atoms with Crippen LogP contribution in [0.25, 0.3) is 0 Å². The Labute approximate surface area is 308 Å². The smallest absolute Gasteiger partial charge is 0.338 e. The monoisotopic (exact) mass is 782 g/mol. The standard InChI is InChI=1S/C34H38O21/c35-8-21-24(43)26(45)28(47)33(53-21)50-12-5-14(37)13-7-20(52-32(49)11-3-15(38)23(42)16(39)4-11)30(51-19(13)6-12)10-1-17(40)31(18(41)2-10)55-34-29(48)27(46)25(44)22(9-36)54-34/h1-6,20-22,24-30,33-48H,7-9H2/t20-,21-,22-,24-,25-,26+,27+,28-,29-,30-,33+,34-/m1/s1. The number of phenols is 6. The molecule has 0 saturated carbocycles. The Morgan fingerprint density at radius 3 is 1.69 bits per heavy atom. The van der Waals surface area contributed by atoms with Crippen LogP contribution in [0.3, 0.4) is 0 Å². The first-order valence-corrected chi connectivity index (χ1v) is 16.5. The number of aliphatic hydroxyl groups is 8. The van der Waals surface area contributed by atoms with E-state index < -0.39 is 139 Å². The number of esters is 1. The SMILES string of the molecule is O=C(O[C@@H]1Cc2c(O)cc(O[C@H]3O[C@H](CO)[C@@H](O)[C@H](O)[C@H]3O)cc2O[C@@H]1c1cc(O)c(O[C@H]2O[C@H](CO)[C@@H](O)[C@H](O)[C@H]2O)c(O)c1)c1cc(O)c(O)c(O)c1. The Balaban J connectivity index is 1.33. The summed E-state index contributed by atoms with van der Waals surface area (Å²) < 4.78 is 33.5. The molecule has 2 fully saturated rings. The largest absolute Gasteiger partial charge is 0.507 e. The minimum Gasteiger partial charge on any atom is -0.507 e. The van der Waals surface area contributed by atoms with Gasteiger partial charge in [-0.05, 0) is 24.3 Å². The summed E-state index contributed by atoms with van der Waals surface area (Å²) in [4.78, 5) is 13.3. The van der Waals surface area contributed by atoms with Crippen LogP contribution in [0.4, 0.5) is 0 Å². The number of benzene rings is 3. The van der Waals surface area contributed by atoms with Crippen molar-refractivity contribution in [1.29, 1.82) is 0 Å². The van der Waals surface area contributed by atoms with Crippen LogP contribution in [0, 0.1) is 0 Å². The molecule has 21 nitrogen and oxygen atoms in total. The van der Waals surface area contributed by atoms with E-state index in [0.717, 1.165) is 30.3 Å². The van der Waals surface area contributed by atoms with Gasteiger partial charge in [-0.25, -0.2) is 4.79 Å². The van der Waals surface area contributed by atoms with Gasteiger partial charge in [-0.3, -0.25) is 0 Å². The van der Waals surface area contributed by atoms with Crippen molar-refractivity contribution < 1.29 is 105 Å². The number of fused-ring (bicyclic) bond motifs is 1. The summed E-state index contributed by atoms with van der Waals surface area (Å²) in [7, 11) is 0. The van der Waals surface area contributed by atoms with Gasteiger partial charge in [0.1, 0.15) is 72.2 Å². The van der Waals surface area contributed by atoms with Crippen LogP contribution in [-0.2, 0) is 20.6 Å². The fraction of sp³-hybridized carbons (Fsp3) is 0.441. The van der Waals surface area contributed by atoms with E-state index in [-0.39, 0.29) is 29.0 Å². The summed E-state index contributed by atoms with van der Waals surface area (Å²) in [5.74, 6) is -7.00. The molecule has 6 rings (SSSR count). The molecule has 0 aliphatic carbocycles. The number of ether oxygens (including phenoxy) is 6. The first-order chi connectivity index (χ1) is 26.0. The third-order valence-corrected chi connectivity index (χ3v) is 9.30. The fourth-order valence-electron chi connectivity index (χ4n) is 6.30. The van der Waals surface area contributed by atoms with E-state index in [4.69, 9.17) is 28.4 Å². The third kappa shape index (κ3) is 7.62. The minimum atomic E-state index is -1.91. The van der Waals surface area contributed by atoms with E-state index >= 15 is 0 Å². The van der Waals surface area contributed by atoms with Gasteiger partial charge in [-0.1, -0.05) is 0 Å². The number of aliphatic hydroxyl groups excluding tert-OH is 8. The highest BCUT2D eigenvalue weighted by atomic mass is 16.7. The minimum absolute atomic E-state index is 0.0163. The van der Waals surface area contributed by atoms with Crippen LogP contribution in [0.5, 0.6) is 51.7 Å². The van der Waals surface area contributed by atoms with Gasteiger partial charge in [0.15, 0.2) is 34.9 Å². The highest BCUT2D eigenvalue weighted by Crippen LogP contribution is 2.47. The second kappa shape index (κ2) is 15.6. The summed E-state index contributed by atoms with van der Waals surface area (Å²) in [6.07, 6.45) is -20.2. The lowest BCUT2D eigenvalue weighted by Crippen LogP contribution is -2.60. The number of phenolic OH excluding ortho intramolecular Hbond substituents is 6. The molecular weight excluding hydrogens is 744 g/mol. The highest BCUT2D eigenvalue weighted by molar-refractivity contribution is 5.91. The van der Waals surface area contributed by atoms with Gasteiger partial charge in [-0.2, -0.15) is 0 Å². The van der Waals surface area contributed by atoms with E-state index in [1.54, 1.807) is 0 Å². The van der Waals surface area contributed by atoms with Crippen LogP contribution >= 0.6 is 0 Å². The number of hydrogen-bond acceptors (Lipinski definition) is 21. The number of aromatic hydroxyl groups is 6. The van der Waals surface area contributed by atoms with E-state index in [2.05, 4.69) is 0 Å². The number of rotatable bonds is 9. The Hall–Kier alpha value is -5.07. The zero-order valence-corrected chi connectivity index (χ0v) is 28.1. The normalized spacial score (nSPS) is 31.9. The van der Waals surface area contributed by atoms with Gasteiger partial charge in [0.25, 0.3) is 0 Å². The molecule has 3 heterocycles. The molecule has 0 radical (unpaired) electrons. The van der Waals surface area contributed by atoms with Crippen LogP contribution < -0.4 is 14.2 Å². The second-order valence-electron chi connectivity index (χ2n) is 13.0. The van der Waals surface area contributed by atoms with Crippen molar-refractivity contribution in [1.82, 2.24) is 0 Å². The number of carbonyl (C=O) groups is 1. The number of carbonyl (C=O) groups excluding carboxylic acids is 1. The molecule has 14 N–H and O–H groups in total. The van der Waals surface area contributed by atoms with E-state index in [0.29, 0.717) is 0 Å². The quantitative estimate of drug-likeness (QED) is 0.0769.